The maximum Gasteiger partial charge on any atom is 0.332 e. The van der Waals surface area contributed by atoms with Gasteiger partial charge in [-0.25, -0.2) is 4.79 Å². The summed E-state index contributed by atoms with van der Waals surface area (Å²) >= 11 is 4.09. The standard InChI is InChI=1S/C8H14N2O2S/c1-8(2,3)10-6(13)5(11)9(4)7(10)12/h11,13H,1-4H3. The molecule has 0 aliphatic rings. The molecule has 1 N–H and O–H groups in total. The molecule has 0 bridgehead atoms. The third-order valence-corrected chi connectivity index (χ3v) is 2.28. The molecule has 4 nitrogen and oxygen atoms in total. The Bertz CT molecular complexity index is 384. The van der Waals surface area contributed by atoms with E-state index < -0.39 is 0 Å². The molecule has 0 saturated heterocycles. The highest BCUT2D eigenvalue weighted by atomic mass is 32.1. The van der Waals surface area contributed by atoms with Crippen LogP contribution in [0.3, 0.4) is 0 Å². The van der Waals surface area contributed by atoms with Crippen LogP contribution in [-0.4, -0.2) is 14.2 Å². The van der Waals surface area contributed by atoms with Crippen molar-refractivity contribution in [1.82, 2.24) is 9.13 Å². The monoisotopic (exact) mass is 202 g/mol. The SMILES string of the molecule is Cn1c(O)c(S)n(C(C)(C)C)c1=O. The number of imidazole rings is 1. The number of aromatic nitrogens is 2. The van der Waals surface area contributed by atoms with E-state index in [0.29, 0.717) is 5.03 Å². The lowest BCUT2D eigenvalue weighted by Crippen LogP contribution is -2.34. The summed E-state index contributed by atoms with van der Waals surface area (Å²) in [6.07, 6.45) is 0. The van der Waals surface area contributed by atoms with Crippen LogP contribution in [0.2, 0.25) is 0 Å². The minimum absolute atomic E-state index is 0.0942. The zero-order chi connectivity index (χ0) is 10.4. The van der Waals surface area contributed by atoms with E-state index in [1.807, 2.05) is 20.8 Å². The van der Waals surface area contributed by atoms with Crippen molar-refractivity contribution in [3.8, 4) is 5.88 Å². The first kappa shape index (κ1) is 10.2. The first-order chi connectivity index (χ1) is 5.76. The van der Waals surface area contributed by atoms with Crippen LogP contribution < -0.4 is 5.69 Å². The van der Waals surface area contributed by atoms with Crippen LogP contribution in [0.1, 0.15) is 20.8 Å². The molecule has 1 aromatic rings. The van der Waals surface area contributed by atoms with Crippen molar-refractivity contribution in [1.29, 1.82) is 0 Å². The maximum atomic E-state index is 11.6. The van der Waals surface area contributed by atoms with Crippen LogP contribution in [0, 0.1) is 0 Å². The van der Waals surface area contributed by atoms with Crippen molar-refractivity contribution in [2.24, 2.45) is 7.05 Å². The van der Waals surface area contributed by atoms with Gasteiger partial charge in [0.2, 0.25) is 5.88 Å². The Morgan fingerprint density at radius 2 is 1.85 bits per heavy atom. The molecule has 5 heteroatoms. The van der Waals surface area contributed by atoms with Gasteiger partial charge in [0.05, 0.1) is 0 Å². The van der Waals surface area contributed by atoms with Crippen LogP contribution in [0.4, 0.5) is 0 Å². The summed E-state index contributed by atoms with van der Waals surface area (Å²) in [6.45, 7) is 5.65. The van der Waals surface area contributed by atoms with Gasteiger partial charge < -0.3 is 5.11 Å². The highest BCUT2D eigenvalue weighted by Gasteiger charge is 2.23. The summed E-state index contributed by atoms with van der Waals surface area (Å²) < 4.78 is 2.62. The number of aromatic hydroxyl groups is 1. The summed E-state index contributed by atoms with van der Waals surface area (Å²) in [5, 5.41) is 9.74. The van der Waals surface area contributed by atoms with Gasteiger partial charge in [-0.05, 0) is 20.8 Å². The molecule has 0 radical (unpaired) electrons. The molecule has 0 aliphatic heterocycles. The zero-order valence-electron chi connectivity index (χ0n) is 8.20. The van der Waals surface area contributed by atoms with Gasteiger partial charge in [-0.3, -0.25) is 9.13 Å². The Hall–Kier alpha value is -0.840. The minimum Gasteiger partial charge on any atom is -0.492 e. The van der Waals surface area contributed by atoms with E-state index in [0.717, 1.165) is 0 Å². The molecule has 0 amide bonds. The van der Waals surface area contributed by atoms with Crippen molar-refractivity contribution in [2.75, 3.05) is 0 Å². The topological polar surface area (TPSA) is 47.2 Å². The molecule has 0 aliphatic carbocycles. The molecule has 0 spiro atoms. The van der Waals surface area contributed by atoms with E-state index in [1.165, 1.54) is 16.2 Å². The fourth-order valence-corrected chi connectivity index (χ4v) is 1.72. The summed E-state index contributed by atoms with van der Waals surface area (Å²) in [6, 6.07) is 0. The summed E-state index contributed by atoms with van der Waals surface area (Å²) in [5.41, 5.74) is -0.623. The molecule has 1 rings (SSSR count). The van der Waals surface area contributed by atoms with E-state index in [1.54, 1.807) is 0 Å². The summed E-state index contributed by atoms with van der Waals surface area (Å²) in [7, 11) is 1.51. The third-order valence-electron chi connectivity index (χ3n) is 1.88. The van der Waals surface area contributed by atoms with E-state index in [2.05, 4.69) is 12.6 Å². The molecular formula is C8H14N2O2S. The van der Waals surface area contributed by atoms with Gasteiger partial charge in [0.25, 0.3) is 0 Å². The molecule has 0 unspecified atom stereocenters. The molecule has 1 aromatic heterocycles. The smallest absolute Gasteiger partial charge is 0.332 e. The lowest BCUT2D eigenvalue weighted by atomic mass is 10.1. The Morgan fingerprint density at radius 1 is 1.38 bits per heavy atom. The molecule has 0 fully saturated rings. The summed E-state index contributed by atoms with van der Waals surface area (Å²) in [4.78, 5) is 11.6. The van der Waals surface area contributed by atoms with Gasteiger partial charge in [-0.1, -0.05) is 0 Å². The maximum absolute atomic E-state index is 11.6. The average molecular weight is 202 g/mol. The zero-order valence-corrected chi connectivity index (χ0v) is 9.09. The van der Waals surface area contributed by atoms with Crippen molar-refractivity contribution >= 4 is 12.6 Å². The molecule has 0 aromatic carbocycles. The van der Waals surface area contributed by atoms with Crippen LogP contribution in [0.15, 0.2) is 9.82 Å². The number of rotatable bonds is 0. The second-order valence-electron chi connectivity index (χ2n) is 4.00. The quantitative estimate of drug-likeness (QED) is 0.615. The fraction of sp³-hybridized carbons (Fsp3) is 0.625. The normalized spacial score (nSPS) is 12.1. The number of hydrogen-bond donors (Lipinski definition) is 2. The Labute approximate surface area is 82.2 Å². The number of nitrogens with zero attached hydrogens (tertiary/aromatic N) is 2. The van der Waals surface area contributed by atoms with Crippen molar-refractivity contribution < 1.29 is 5.11 Å². The van der Waals surface area contributed by atoms with Crippen LogP contribution in [-0.2, 0) is 12.6 Å². The largest absolute Gasteiger partial charge is 0.492 e. The Kier molecular flexibility index (Phi) is 2.23. The molecular weight excluding hydrogens is 188 g/mol. The first-order valence-electron chi connectivity index (χ1n) is 3.97. The van der Waals surface area contributed by atoms with Crippen molar-refractivity contribution in [2.45, 2.75) is 31.3 Å². The number of thiol groups is 1. The number of hydrogen-bond acceptors (Lipinski definition) is 3. The van der Waals surface area contributed by atoms with Crippen LogP contribution in [0.25, 0.3) is 0 Å². The third kappa shape index (κ3) is 1.48. The predicted octanol–water partition coefficient (Wildman–Crippen LogP) is 0.936. The molecule has 13 heavy (non-hydrogen) atoms. The predicted molar refractivity (Wildman–Crippen MR) is 53.6 cm³/mol. The van der Waals surface area contributed by atoms with Gasteiger partial charge >= 0.3 is 5.69 Å². The van der Waals surface area contributed by atoms with Gasteiger partial charge in [-0.15, -0.1) is 12.6 Å². The Balaban J connectivity index is 3.57. The average Bonchev–Trinajstić information content (AvgIpc) is 2.14. The van der Waals surface area contributed by atoms with E-state index in [4.69, 9.17) is 0 Å². The van der Waals surface area contributed by atoms with Crippen molar-refractivity contribution in [3.63, 3.8) is 0 Å². The lowest BCUT2D eigenvalue weighted by molar-refractivity contribution is 0.352. The highest BCUT2D eigenvalue weighted by Crippen LogP contribution is 2.24. The second kappa shape index (κ2) is 2.83. The minimum atomic E-state index is -0.368. The molecule has 0 saturated carbocycles. The first-order valence-corrected chi connectivity index (χ1v) is 4.41. The van der Waals surface area contributed by atoms with E-state index >= 15 is 0 Å². The lowest BCUT2D eigenvalue weighted by Gasteiger charge is -2.20. The van der Waals surface area contributed by atoms with Crippen LogP contribution >= 0.6 is 12.6 Å². The molecule has 0 atom stereocenters. The highest BCUT2D eigenvalue weighted by molar-refractivity contribution is 7.80. The van der Waals surface area contributed by atoms with Crippen LogP contribution in [0.5, 0.6) is 5.88 Å². The second-order valence-corrected chi connectivity index (χ2v) is 4.42. The Morgan fingerprint density at radius 3 is 2.00 bits per heavy atom. The van der Waals surface area contributed by atoms with Gasteiger partial charge in [0.15, 0.2) is 0 Å². The summed E-state index contributed by atoms with van der Waals surface area (Å²) in [5.74, 6) is -0.0942. The molecule has 1 heterocycles. The van der Waals surface area contributed by atoms with E-state index in [-0.39, 0.29) is 17.1 Å². The van der Waals surface area contributed by atoms with Gasteiger partial charge in [-0.2, -0.15) is 0 Å². The molecule has 74 valence electrons. The van der Waals surface area contributed by atoms with Gasteiger partial charge in [0.1, 0.15) is 5.03 Å². The van der Waals surface area contributed by atoms with E-state index in [9.17, 15) is 9.90 Å². The van der Waals surface area contributed by atoms with Crippen molar-refractivity contribution in [3.05, 3.63) is 10.5 Å². The fourth-order valence-electron chi connectivity index (χ4n) is 1.19. The van der Waals surface area contributed by atoms with Gasteiger partial charge in [0, 0.05) is 12.6 Å².